The van der Waals surface area contributed by atoms with Crippen LogP contribution in [-0.4, -0.2) is 12.5 Å². The van der Waals surface area contributed by atoms with E-state index in [0.29, 0.717) is 15.8 Å². The van der Waals surface area contributed by atoms with Crippen molar-refractivity contribution in [2.24, 2.45) is 0 Å². The Bertz CT molecular complexity index is 716. The van der Waals surface area contributed by atoms with Crippen molar-refractivity contribution in [2.75, 3.05) is 6.61 Å². The van der Waals surface area contributed by atoms with Gasteiger partial charge < -0.3 is 10.1 Å². The van der Waals surface area contributed by atoms with Gasteiger partial charge in [-0.3, -0.25) is 4.79 Å². The van der Waals surface area contributed by atoms with Gasteiger partial charge in [-0.25, -0.2) is 0 Å². The van der Waals surface area contributed by atoms with E-state index in [1.165, 1.54) is 11.1 Å². The van der Waals surface area contributed by atoms with E-state index in [0.717, 1.165) is 5.56 Å². The zero-order chi connectivity index (χ0) is 17.0. The molecule has 2 rings (SSSR count). The van der Waals surface area contributed by atoms with Crippen LogP contribution in [-0.2, 0) is 4.79 Å². The number of hydrogen-bond donors (Lipinski definition) is 1. The molecule has 0 aliphatic carbocycles. The summed E-state index contributed by atoms with van der Waals surface area (Å²) in [6.45, 7) is 5.94. The molecule has 0 aromatic heterocycles. The summed E-state index contributed by atoms with van der Waals surface area (Å²) in [6.07, 6.45) is 0. The molecular weight excluding hydrogens is 333 g/mol. The normalized spacial score (nSPS) is 11.9. The zero-order valence-electron chi connectivity index (χ0n) is 13.3. The molecule has 1 atom stereocenters. The van der Waals surface area contributed by atoms with E-state index >= 15 is 0 Å². The standard InChI is InChI=1S/C18H19Cl2NO2/c1-11-7-8-14(9-12(11)2)13(3)21-17(22)10-23-16-6-4-5-15(19)18(16)20/h4-9,13H,10H2,1-3H3,(H,21,22)/t13-/m0/s1. The molecule has 0 fully saturated rings. The third-order valence-corrected chi connectivity index (χ3v) is 4.48. The Labute approximate surface area is 146 Å². The Balaban J connectivity index is 1.93. The van der Waals surface area contributed by atoms with E-state index in [-0.39, 0.29) is 18.6 Å². The average Bonchev–Trinajstić information content (AvgIpc) is 2.51. The van der Waals surface area contributed by atoms with Crippen molar-refractivity contribution < 1.29 is 9.53 Å². The zero-order valence-corrected chi connectivity index (χ0v) is 14.8. The van der Waals surface area contributed by atoms with E-state index in [2.05, 4.69) is 31.3 Å². The molecule has 2 aromatic carbocycles. The molecule has 1 amide bonds. The Hall–Kier alpha value is -1.71. The molecule has 0 heterocycles. The summed E-state index contributed by atoms with van der Waals surface area (Å²) in [5.41, 5.74) is 3.49. The fourth-order valence-corrected chi connectivity index (χ4v) is 2.49. The highest BCUT2D eigenvalue weighted by atomic mass is 35.5. The number of hydrogen-bond acceptors (Lipinski definition) is 2. The minimum Gasteiger partial charge on any atom is -0.482 e. The Kier molecular flexibility index (Phi) is 5.91. The van der Waals surface area contributed by atoms with E-state index in [9.17, 15) is 4.79 Å². The van der Waals surface area contributed by atoms with Gasteiger partial charge >= 0.3 is 0 Å². The van der Waals surface area contributed by atoms with Crippen LogP contribution in [0.2, 0.25) is 10.0 Å². The molecule has 23 heavy (non-hydrogen) atoms. The molecule has 0 saturated heterocycles. The van der Waals surface area contributed by atoms with Crippen LogP contribution in [0, 0.1) is 13.8 Å². The predicted octanol–water partition coefficient (Wildman–Crippen LogP) is 4.87. The topological polar surface area (TPSA) is 38.3 Å². The van der Waals surface area contributed by atoms with Gasteiger partial charge in [0.05, 0.1) is 11.1 Å². The Morgan fingerprint density at radius 2 is 1.91 bits per heavy atom. The fourth-order valence-electron chi connectivity index (χ4n) is 2.14. The third-order valence-electron chi connectivity index (χ3n) is 3.68. The van der Waals surface area contributed by atoms with Crippen LogP contribution in [0.25, 0.3) is 0 Å². The van der Waals surface area contributed by atoms with Crippen molar-refractivity contribution >= 4 is 29.1 Å². The minimum absolute atomic E-state index is 0.0970. The maximum atomic E-state index is 12.0. The van der Waals surface area contributed by atoms with E-state index in [1.54, 1.807) is 18.2 Å². The number of rotatable bonds is 5. The maximum Gasteiger partial charge on any atom is 0.258 e. The molecule has 2 aromatic rings. The number of benzene rings is 2. The van der Waals surface area contributed by atoms with Gasteiger partial charge in [-0.2, -0.15) is 0 Å². The van der Waals surface area contributed by atoms with Gasteiger partial charge in [-0.05, 0) is 49.6 Å². The van der Waals surface area contributed by atoms with Crippen LogP contribution >= 0.6 is 23.2 Å². The second-order valence-electron chi connectivity index (χ2n) is 5.47. The first-order chi connectivity index (χ1) is 10.9. The molecule has 5 heteroatoms. The van der Waals surface area contributed by atoms with Crippen molar-refractivity contribution in [2.45, 2.75) is 26.8 Å². The van der Waals surface area contributed by atoms with Crippen LogP contribution in [0.15, 0.2) is 36.4 Å². The Morgan fingerprint density at radius 1 is 1.17 bits per heavy atom. The second kappa shape index (κ2) is 7.71. The highest BCUT2D eigenvalue weighted by Crippen LogP contribution is 2.31. The maximum absolute atomic E-state index is 12.0. The highest BCUT2D eigenvalue weighted by Gasteiger charge is 2.12. The predicted molar refractivity (Wildman–Crippen MR) is 94.4 cm³/mol. The largest absolute Gasteiger partial charge is 0.482 e. The summed E-state index contributed by atoms with van der Waals surface area (Å²) in [4.78, 5) is 12.0. The lowest BCUT2D eigenvalue weighted by Crippen LogP contribution is -2.31. The summed E-state index contributed by atoms with van der Waals surface area (Å²) in [5.74, 6) is 0.180. The van der Waals surface area contributed by atoms with Crippen molar-refractivity contribution in [1.29, 1.82) is 0 Å². The van der Waals surface area contributed by atoms with Gasteiger partial charge in [-0.1, -0.05) is 47.5 Å². The first kappa shape index (κ1) is 17.6. The number of amides is 1. The van der Waals surface area contributed by atoms with Crippen molar-refractivity contribution in [3.63, 3.8) is 0 Å². The number of halogens is 2. The quantitative estimate of drug-likeness (QED) is 0.834. The Morgan fingerprint density at radius 3 is 2.61 bits per heavy atom. The summed E-state index contributed by atoms with van der Waals surface area (Å²) >= 11 is 11.9. The highest BCUT2D eigenvalue weighted by molar-refractivity contribution is 6.42. The van der Waals surface area contributed by atoms with Gasteiger partial charge in [0.2, 0.25) is 0 Å². The molecule has 122 valence electrons. The molecule has 0 spiro atoms. The summed E-state index contributed by atoms with van der Waals surface area (Å²) in [5, 5.41) is 3.61. The fraction of sp³-hybridized carbons (Fsp3) is 0.278. The van der Waals surface area contributed by atoms with Crippen LogP contribution in [0.1, 0.15) is 29.7 Å². The lowest BCUT2D eigenvalue weighted by atomic mass is 10.0. The molecular formula is C18H19Cl2NO2. The molecule has 0 saturated carbocycles. The molecule has 0 aliphatic heterocycles. The third kappa shape index (κ3) is 4.63. The number of carbonyl (C=O) groups is 1. The number of ether oxygens (including phenoxy) is 1. The molecule has 3 nitrogen and oxygen atoms in total. The van der Waals surface area contributed by atoms with Gasteiger partial charge in [-0.15, -0.1) is 0 Å². The second-order valence-corrected chi connectivity index (χ2v) is 6.26. The molecule has 1 N–H and O–H groups in total. The molecule has 0 unspecified atom stereocenters. The van der Waals surface area contributed by atoms with Gasteiger partial charge in [0.25, 0.3) is 5.91 Å². The summed E-state index contributed by atoms with van der Waals surface area (Å²) < 4.78 is 5.43. The molecule has 0 radical (unpaired) electrons. The van der Waals surface area contributed by atoms with E-state index in [4.69, 9.17) is 27.9 Å². The van der Waals surface area contributed by atoms with Crippen molar-refractivity contribution in [1.82, 2.24) is 5.32 Å². The van der Waals surface area contributed by atoms with Crippen LogP contribution < -0.4 is 10.1 Å². The summed E-state index contributed by atoms with van der Waals surface area (Å²) in [7, 11) is 0. The SMILES string of the molecule is Cc1ccc([C@H](C)NC(=O)COc2cccc(Cl)c2Cl)cc1C. The first-order valence-electron chi connectivity index (χ1n) is 7.32. The van der Waals surface area contributed by atoms with Gasteiger partial charge in [0.1, 0.15) is 10.8 Å². The monoisotopic (exact) mass is 351 g/mol. The van der Waals surface area contributed by atoms with Gasteiger partial charge in [0, 0.05) is 0 Å². The van der Waals surface area contributed by atoms with Crippen molar-refractivity contribution in [3.8, 4) is 5.75 Å². The van der Waals surface area contributed by atoms with E-state index < -0.39 is 0 Å². The number of aryl methyl sites for hydroxylation is 2. The van der Waals surface area contributed by atoms with Crippen LogP contribution in [0.3, 0.4) is 0 Å². The van der Waals surface area contributed by atoms with Crippen molar-refractivity contribution in [3.05, 3.63) is 63.1 Å². The average molecular weight is 352 g/mol. The van der Waals surface area contributed by atoms with Gasteiger partial charge in [0.15, 0.2) is 6.61 Å². The molecule has 0 bridgehead atoms. The van der Waals surface area contributed by atoms with Crippen LogP contribution in [0.5, 0.6) is 5.75 Å². The lowest BCUT2D eigenvalue weighted by molar-refractivity contribution is -0.123. The lowest BCUT2D eigenvalue weighted by Gasteiger charge is -2.16. The number of nitrogens with one attached hydrogen (secondary N) is 1. The smallest absolute Gasteiger partial charge is 0.258 e. The minimum atomic E-state index is -0.216. The van der Waals surface area contributed by atoms with E-state index in [1.807, 2.05) is 13.0 Å². The number of carbonyl (C=O) groups excluding carboxylic acids is 1. The molecule has 0 aliphatic rings. The summed E-state index contributed by atoms with van der Waals surface area (Å²) in [6, 6.07) is 11.1. The first-order valence-corrected chi connectivity index (χ1v) is 8.07. The van der Waals surface area contributed by atoms with Crippen LogP contribution in [0.4, 0.5) is 0 Å².